The van der Waals surface area contributed by atoms with Gasteiger partial charge in [0.1, 0.15) is 5.82 Å². The van der Waals surface area contributed by atoms with Gasteiger partial charge in [0.15, 0.2) is 5.96 Å². The van der Waals surface area contributed by atoms with Crippen LogP contribution in [0.2, 0.25) is 0 Å². The third kappa shape index (κ3) is 4.75. The molecule has 27 heavy (non-hydrogen) atoms. The van der Waals surface area contributed by atoms with Gasteiger partial charge >= 0.3 is 5.97 Å². The van der Waals surface area contributed by atoms with Gasteiger partial charge in [-0.2, -0.15) is 0 Å². The van der Waals surface area contributed by atoms with Crippen molar-refractivity contribution in [1.29, 1.82) is 0 Å². The smallest absolute Gasteiger partial charge is 0.337 e. The molecule has 1 aromatic heterocycles. The van der Waals surface area contributed by atoms with Crippen LogP contribution in [0.5, 0.6) is 0 Å². The van der Waals surface area contributed by atoms with Crippen LogP contribution in [0, 0.1) is 0 Å². The minimum absolute atomic E-state index is 0.323. The lowest BCUT2D eigenvalue weighted by Crippen LogP contribution is -2.52. The molecule has 0 saturated carbocycles. The lowest BCUT2D eigenvalue weighted by molar-refractivity contribution is 0.0600. The van der Waals surface area contributed by atoms with Crippen LogP contribution in [0.3, 0.4) is 0 Å². The number of aromatic nitrogens is 1. The van der Waals surface area contributed by atoms with Crippen molar-refractivity contribution in [3.63, 3.8) is 0 Å². The van der Waals surface area contributed by atoms with Gasteiger partial charge in [-0.25, -0.2) is 9.78 Å². The van der Waals surface area contributed by atoms with Crippen molar-refractivity contribution >= 4 is 17.7 Å². The SMILES string of the molecule is CN=C(NCc1ccc(C(=O)OC)cc1)N1CCN(c2ccccn2)CC1. The van der Waals surface area contributed by atoms with E-state index in [1.807, 2.05) is 36.5 Å². The summed E-state index contributed by atoms with van der Waals surface area (Å²) in [7, 11) is 3.18. The van der Waals surface area contributed by atoms with Crippen molar-refractivity contribution < 1.29 is 9.53 Å². The molecule has 1 aliphatic rings. The maximum atomic E-state index is 11.5. The number of methoxy groups -OCH3 is 1. The van der Waals surface area contributed by atoms with Crippen molar-refractivity contribution in [3.8, 4) is 0 Å². The number of guanidine groups is 1. The molecule has 1 aliphatic heterocycles. The number of hydrogen-bond acceptors (Lipinski definition) is 5. The van der Waals surface area contributed by atoms with Gasteiger partial charge in [-0.3, -0.25) is 4.99 Å². The normalized spacial score (nSPS) is 14.8. The number of ether oxygens (including phenoxy) is 1. The molecule has 0 bridgehead atoms. The Kier molecular flexibility index (Phi) is 6.25. The van der Waals surface area contributed by atoms with Crippen LogP contribution in [0.4, 0.5) is 5.82 Å². The van der Waals surface area contributed by atoms with E-state index >= 15 is 0 Å². The largest absolute Gasteiger partial charge is 0.465 e. The highest BCUT2D eigenvalue weighted by molar-refractivity contribution is 5.89. The number of carbonyl (C=O) groups is 1. The van der Waals surface area contributed by atoms with E-state index in [0.29, 0.717) is 12.1 Å². The fourth-order valence-corrected chi connectivity index (χ4v) is 3.08. The lowest BCUT2D eigenvalue weighted by Gasteiger charge is -2.37. The molecule has 1 N–H and O–H groups in total. The average molecular weight is 367 g/mol. The number of piperazine rings is 1. The standard InChI is InChI=1S/C20H25N5O2/c1-21-20(23-15-16-6-8-17(9-7-16)19(26)27-2)25-13-11-24(12-14-25)18-5-3-4-10-22-18/h3-10H,11-15H2,1-2H3,(H,21,23). The summed E-state index contributed by atoms with van der Waals surface area (Å²) < 4.78 is 4.72. The maximum Gasteiger partial charge on any atom is 0.337 e. The molecule has 0 radical (unpaired) electrons. The summed E-state index contributed by atoms with van der Waals surface area (Å²) in [4.78, 5) is 24.9. The molecule has 7 nitrogen and oxygen atoms in total. The highest BCUT2D eigenvalue weighted by Gasteiger charge is 2.20. The zero-order valence-corrected chi connectivity index (χ0v) is 15.8. The summed E-state index contributed by atoms with van der Waals surface area (Å²) in [6, 6.07) is 13.4. The Hall–Kier alpha value is -3.09. The van der Waals surface area contributed by atoms with Gasteiger partial charge in [0.2, 0.25) is 0 Å². The Labute approximate surface area is 159 Å². The van der Waals surface area contributed by atoms with Crippen LogP contribution in [0.1, 0.15) is 15.9 Å². The van der Waals surface area contributed by atoms with Gasteiger partial charge < -0.3 is 19.9 Å². The van der Waals surface area contributed by atoms with Crippen molar-refractivity contribution in [2.75, 3.05) is 45.2 Å². The van der Waals surface area contributed by atoms with E-state index in [9.17, 15) is 4.79 Å². The molecule has 2 heterocycles. The number of esters is 1. The zero-order chi connectivity index (χ0) is 19.1. The van der Waals surface area contributed by atoms with Crippen molar-refractivity contribution in [3.05, 3.63) is 59.8 Å². The maximum absolute atomic E-state index is 11.5. The Morgan fingerprint density at radius 1 is 1.15 bits per heavy atom. The summed E-state index contributed by atoms with van der Waals surface area (Å²) in [5.41, 5.74) is 1.63. The first-order valence-corrected chi connectivity index (χ1v) is 9.00. The monoisotopic (exact) mass is 367 g/mol. The summed E-state index contributed by atoms with van der Waals surface area (Å²) in [5, 5.41) is 3.40. The van der Waals surface area contributed by atoms with Crippen LogP contribution < -0.4 is 10.2 Å². The minimum Gasteiger partial charge on any atom is -0.465 e. The van der Waals surface area contributed by atoms with E-state index in [4.69, 9.17) is 4.74 Å². The molecule has 1 aromatic carbocycles. The molecule has 3 rings (SSSR count). The Bertz CT molecular complexity index is 769. The molecule has 0 atom stereocenters. The van der Waals surface area contributed by atoms with E-state index in [1.165, 1.54) is 7.11 Å². The number of carbonyl (C=O) groups excluding carboxylic acids is 1. The third-order valence-electron chi connectivity index (χ3n) is 4.59. The van der Waals surface area contributed by atoms with E-state index in [0.717, 1.165) is 43.5 Å². The molecule has 0 amide bonds. The summed E-state index contributed by atoms with van der Waals surface area (Å²) in [6.07, 6.45) is 1.83. The van der Waals surface area contributed by atoms with Crippen LogP contribution in [0.25, 0.3) is 0 Å². The fourth-order valence-electron chi connectivity index (χ4n) is 3.08. The number of benzene rings is 1. The number of nitrogens with one attached hydrogen (secondary N) is 1. The van der Waals surface area contributed by atoms with Crippen LogP contribution in [-0.2, 0) is 11.3 Å². The highest BCUT2D eigenvalue weighted by atomic mass is 16.5. The van der Waals surface area contributed by atoms with Crippen LogP contribution in [0.15, 0.2) is 53.7 Å². The molecule has 142 valence electrons. The number of anilines is 1. The second-order valence-electron chi connectivity index (χ2n) is 6.25. The number of pyridine rings is 1. The van der Waals surface area contributed by atoms with Gasteiger partial charge in [-0.1, -0.05) is 18.2 Å². The topological polar surface area (TPSA) is 70.1 Å². The van der Waals surface area contributed by atoms with E-state index < -0.39 is 0 Å². The first kappa shape index (κ1) is 18.7. The molecule has 0 spiro atoms. The number of nitrogens with zero attached hydrogens (tertiary/aromatic N) is 4. The average Bonchev–Trinajstić information content (AvgIpc) is 2.75. The predicted octanol–water partition coefficient (Wildman–Crippen LogP) is 1.77. The molecule has 7 heteroatoms. The fraction of sp³-hybridized carbons (Fsp3) is 0.350. The third-order valence-corrected chi connectivity index (χ3v) is 4.59. The van der Waals surface area contributed by atoms with Gasteiger partial charge in [0, 0.05) is 46.0 Å². The minimum atomic E-state index is -0.323. The molecule has 0 unspecified atom stereocenters. The Morgan fingerprint density at radius 3 is 2.48 bits per heavy atom. The first-order valence-electron chi connectivity index (χ1n) is 9.00. The lowest BCUT2D eigenvalue weighted by atomic mass is 10.1. The van der Waals surface area contributed by atoms with Gasteiger partial charge in [-0.15, -0.1) is 0 Å². The number of rotatable bonds is 4. The zero-order valence-electron chi connectivity index (χ0n) is 15.8. The summed E-state index contributed by atoms with van der Waals surface area (Å²) in [5.74, 6) is 1.58. The predicted molar refractivity (Wildman–Crippen MR) is 106 cm³/mol. The first-order chi connectivity index (χ1) is 13.2. The van der Waals surface area contributed by atoms with Crippen molar-refractivity contribution in [2.24, 2.45) is 4.99 Å². The summed E-state index contributed by atoms with van der Waals surface area (Å²) in [6.45, 7) is 4.24. The van der Waals surface area contributed by atoms with Gasteiger partial charge in [-0.05, 0) is 29.8 Å². The van der Waals surface area contributed by atoms with Crippen molar-refractivity contribution in [1.82, 2.24) is 15.2 Å². The van der Waals surface area contributed by atoms with E-state index in [2.05, 4.69) is 25.1 Å². The molecular weight excluding hydrogens is 342 g/mol. The van der Waals surface area contributed by atoms with Gasteiger partial charge in [0.25, 0.3) is 0 Å². The second kappa shape index (κ2) is 9.02. The molecule has 1 fully saturated rings. The van der Waals surface area contributed by atoms with E-state index in [-0.39, 0.29) is 5.97 Å². The molecular formula is C20H25N5O2. The van der Waals surface area contributed by atoms with Crippen LogP contribution >= 0.6 is 0 Å². The Morgan fingerprint density at radius 2 is 1.89 bits per heavy atom. The number of hydrogen-bond donors (Lipinski definition) is 1. The quantitative estimate of drug-likeness (QED) is 0.505. The van der Waals surface area contributed by atoms with Gasteiger partial charge in [0.05, 0.1) is 12.7 Å². The summed E-state index contributed by atoms with van der Waals surface area (Å²) >= 11 is 0. The second-order valence-corrected chi connectivity index (χ2v) is 6.25. The molecule has 2 aromatic rings. The Balaban J connectivity index is 1.52. The molecule has 0 aliphatic carbocycles. The van der Waals surface area contributed by atoms with Crippen LogP contribution in [-0.4, -0.2) is 62.1 Å². The highest BCUT2D eigenvalue weighted by Crippen LogP contribution is 2.13. The molecule has 1 saturated heterocycles. The van der Waals surface area contributed by atoms with E-state index in [1.54, 1.807) is 19.2 Å². The number of aliphatic imine (C=N–C) groups is 1. The van der Waals surface area contributed by atoms with Crippen molar-refractivity contribution in [2.45, 2.75) is 6.54 Å².